The molecular formula is C13H20N4S. The molecule has 0 aromatic carbocycles. The second-order valence-corrected chi connectivity index (χ2v) is 5.43. The number of nitrogens with one attached hydrogen (secondary N) is 1. The van der Waals surface area contributed by atoms with Crippen molar-refractivity contribution in [3.05, 3.63) is 34.3 Å². The Labute approximate surface area is 112 Å². The van der Waals surface area contributed by atoms with E-state index in [-0.39, 0.29) is 0 Å². The number of nitrogens with zero attached hydrogens (tertiary/aromatic N) is 3. The van der Waals surface area contributed by atoms with Gasteiger partial charge in [-0.3, -0.25) is 0 Å². The van der Waals surface area contributed by atoms with E-state index in [1.165, 1.54) is 11.4 Å². The number of imidazole rings is 1. The third-order valence-electron chi connectivity index (χ3n) is 2.79. The fourth-order valence-corrected chi connectivity index (χ4v) is 2.54. The average molecular weight is 264 g/mol. The monoisotopic (exact) mass is 264 g/mol. The van der Waals surface area contributed by atoms with Crippen molar-refractivity contribution in [3.8, 4) is 0 Å². The Morgan fingerprint density at radius 2 is 2.33 bits per heavy atom. The standard InChI is InChI=1S/C13H20N4S/c1-3-6-17-10-15-8-13(17)7-14-5-4-12-9-18-11(2)16-12/h8-10,14H,3-7H2,1-2H3. The molecule has 2 heterocycles. The van der Waals surface area contributed by atoms with Crippen molar-refractivity contribution in [2.45, 2.75) is 39.8 Å². The van der Waals surface area contributed by atoms with Crippen molar-refractivity contribution in [2.75, 3.05) is 6.54 Å². The fraction of sp³-hybridized carbons (Fsp3) is 0.538. The lowest BCUT2D eigenvalue weighted by Gasteiger charge is -2.07. The molecule has 0 saturated carbocycles. The lowest BCUT2D eigenvalue weighted by molar-refractivity contribution is 0.600. The summed E-state index contributed by atoms with van der Waals surface area (Å²) in [4.78, 5) is 8.65. The van der Waals surface area contributed by atoms with Gasteiger partial charge >= 0.3 is 0 Å². The molecule has 0 aliphatic carbocycles. The predicted octanol–water partition coefficient (Wildman–Crippen LogP) is 2.39. The van der Waals surface area contributed by atoms with E-state index >= 15 is 0 Å². The van der Waals surface area contributed by atoms with E-state index in [4.69, 9.17) is 0 Å². The van der Waals surface area contributed by atoms with E-state index in [1.54, 1.807) is 11.3 Å². The number of aryl methyl sites for hydroxylation is 2. The molecule has 0 aliphatic rings. The number of thiazole rings is 1. The quantitative estimate of drug-likeness (QED) is 0.781. The fourth-order valence-electron chi connectivity index (χ4n) is 1.89. The summed E-state index contributed by atoms with van der Waals surface area (Å²) in [6.45, 7) is 7.11. The maximum Gasteiger partial charge on any atom is 0.0948 e. The van der Waals surface area contributed by atoms with Gasteiger partial charge in [-0.25, -0.2) is 9.97 Å². The van der Waals surface area contributed by atoms with Crippen LogP contribution >= 0.6 is 11.3 Å². The Balaban J connectivity index is 1.73. The SMILES string of the molecule is CCCn1cncc1CNCCc1csc(C)n1. The molecule has 18 heavy (non-hydrogen) atoms. The highest BCUT2D eigenvalue weighted by Gasteiger charge is 2.01. The molecule has 0 unspecified atom stereocenters. The van der Waals surface area contributed by atoms with Crippen LogP contribution in [0.3, 0.4) is 0 Å². The topological polar surface area (TPSA) is 42.7 Å². The molecule has 0 amide bonds. The first-order chi connectivity index (χ1) is 8.79. The van der Waals surface area contributed by atoms with Crippen LogP contribution in [-0.4, -0.2) is 21.1 Å². The molecule has 0 aliphatic heterocycles. The zero-order valence-electron chi connectivity index (χ0n) is 11.0. The number of rotatable bonds is 7. The number of hydrogen-bond donors (Lipinski definition) is 1. The highest BCUT2D eigenvalue weighted by atomic mass is 32.1. The average Bonchev–Trinajstić information content (AvgIpc) is 2.95. The third-order valence-corrected chi connectivity index (χ3v) is 3.62. The Morgan fingerprint density at radius 1 is 1.44 bits per heavy atom. The Bertz CT molecular complexity index is 475. The Hall–Kier alpha value is -1.20. The molecule has 0 atom stereocenters. The number of hydrogen-bond acceptors (Lipinski definition) is 4. The molecule has 2 aromatic heterocycles. The minimum Gasteiger partial charge on any atom is -0.333 e. The molecule has 98 valence electrons. The third kappa shape index (κ3) is 3.65. The van der Waals surface area contributed by atoms with Crippen molar-refractivity contribution in [1.82, 2.24) is 19.9 Å². The van der Waals surface area contributed by atoms with Gasteiger partial charge in [-0.05, 0) is 13.3 Å². The summed E-state index contributed by atoms with van der Waals surface area (Å²) in [6, 6.07) is 0. The first kappa shape index (κ1) is 13.2. The van der Waals surface area contributed by atoms with Crippen molar-refractivity contribution >= 4 is 11.3 Å². The minimum absolute atomic E-state index is 0.878. The van der Waals surface area contributed by atoms with Crippen LogP contribution in [-0.2, 0) is 19.5 Å². The van der Waals surface area contributed by atoms with Crippen LogP contribution in [0, 0.1) is 6.92 Å². The van der Waals surface area contributed by atoms with Crippen LogP contribution in [0.25, 0.3) is 0 Å². The van der Waals surface area contributed by atoms with Crippen LogP contribution in [0.4, 0.5) is 0 Å². The lowest BCUT2D eigenvalue weighted by atomic mass is 10.3. The second-order valence-electron chi connectivity index (χ2n) is 4.36. The van der Waals surface area contributed by atoms with E-state index in [1.807, 2.05) is 19.4 Å². The van der Waals surface area contributed by atoms with Gasteiger partial charge in [0.15, 0.2) is 0 Å². The van der Waals surface area contributed by atoms with Crippen molar-refractivity contribution in [3.63, 3.8) is 0 Å². The zero-order chi connectivity index (χ0) is 12.8. The van der Waals surface area contributed by atoms with Gasteiger partial charge in [0.25, 0.3) is 0 Å². The lowest BCUT2D eigenvalue weighted by Crippen LogP contribution is -2.19. The maximum atomic E-state index is 4.45. The summed E-state index contributed by atoms with van der Waals surface area (Å²) in [5.41, 5.74) is 2.44. The summed E-state index contributed by atoms with van der Waals surface area (Å²) >= 11 is 1.72. The summed E-state index contributed by atoms with van der Waals surface area (Å²) in [5, 5.41) is 6.73. The molecule has 0 spiro atoms. The minimum atomic E-state index is 0.878. The Kier molecular flexibility index (Phi) is 4.90. The summed E-state index contributed by atoms with van der Waals surface area (Å²) in [7, 11) is 0. The van der Waals surface area contributed by atoms with Gasteiger partial charge in [0.1, 0.15) is 0 Å². The van der Waals surface area contributed by atoms with Gasteiger partial charge < -0.3 is 9.88 Å². The zero-order valence-corrected chi connectivity index (χ0v) is 11.8. The predicted molar refractivity (Wildman–Crippen MR) is 74.8 cm³/mol. The van der Waals surface area contributed by atoms with E-state index in [0.29, 0.717) is 0 Å². The normalized spacial score (nSPS) is 11.0. The molecule has 1 N–H and O–H groups in total. The van der Waals surface area contributed by atoms with Crippen molar-refractivity contribution in [2.24, 2.45) is 0 Å². The van der Waals surface area contributed by atoms with Gasteiger partial charge in [-0.2, -0.15) is 0 Å². The highest BCUT2D eigenvalue weighted by molar-refractivity contribution is 7.09. The molecule has 0 saturated heterocycles. The molecule has 2 rings (SSSR count). The Morgan fingerprint density at radius 3 is 3.06 bits per heavy atom. The summed E-state index contributed by atoms with van der Waals surface area (Å²) in [6.07, 6.45) is 5.98. The first-order valence-electron chi connectivity index (χ1n) is 6.40. The van der Waals surface area contributed by atoms with E-state index < -0.39 is 0 Å². The molecule has 5 heteroatoms. The van der Waals surface area contributed by atoms with E-state index in [2.05, 4.69) is 32.2 Å². The summed E-state index contributed by atoms with van der Waals surface area (Å²) < 4.78 is 2.21. The first-order valence-corrected chi connectivity index (χ1v) is 7.28. The molecule has 0 radical (unpaired) electrons. The second kappa shape index (κ2) is 6.66. The van der Waals surface area contributed by atoms with Crippen molar-refractivity contribution in [1.29, 1.82) is 0 Å². The van der Waals surface area contributed by atoms with Crippen LogP contribution < -0.4 is 5.32 Å². The molecule has 0 fully saturated rings. The summed E-state index contributed by atoms with van der Waals surface area (Å²) in [5.74, 6) is 0. The van der Waals surface area contributed by atoms with Gasteiger partial charge in [0, 0.05) is 37.6 Å². The van der Waals surface area contributed by atoms with Crippen LogP contribution in [0.5, 0.6) is 0 Å². The highest BCUT2D eigenvalue weighted by Crippen LogP contribution is 2.08. The molecule has 4 nitrogen and oxygen atoms in total. The van der Waals surface area contributed by atoms with Crippen LogP contribution in [0.15, 0.2) is 17.9 Å². The van der Waals surface area contributed by atoms with Crippen molar-refractivity contribution < 1.29 is 0 Å². The van der Waals surface area contributed by atoms with Gasteiger partial charge in [-0.1, -0.05) is 6.92 Å². The smallest absolute Gasteiger partial charge is 0.0948 e. The van der Waals surface area contributed by atoms with E-state index in [0.717, 1.165) is 37.5 Å². The molecule has 2 aromatic rings. The van der Waals surface area contributed by atoms with Gasteiger partial charge in [-0.15, -0.1) is 11.3 Å². The molecule has 0 bridgehead atoms. The maximum absolute atomic E-state index is 4.45. The van der Waals surface area contributed by atoms with Crippen LogP contribution in [0.1, 0.15) is 29.7 Å². The van der Waals surface area contributed by atoms with E-state index in [9.17, 15) is 0 Å². The van der Waals surface area contributed by atoms with Gasteiger partial charge in [0.2, 0.25) is 0 Å². The molecular weight excluding hydrogens is 244 g/mol. The van der Waals surface area contributed by atoms with Crippen LogP contribution in [0.2, 0.25) is 0 Å². The number of aromatic nitrogens is 3. The largest absolute Gasteiger partial charge is 0.333 e. The van der Waals surface area contributed by atoms with Gasteiger partial charge in [0.05, 0.1) is 22.7 Å².